The van der Waals surface area contributed by atoms with Gasteiger partial charge in [0.15, 0.2) is 0 Å². The van der Waals surface area contributed by atoms with Crippen molar-refractivity contribution >= 4 is 11.8 Å². The molecular weight excluding hydrogens is 382 g/mol. The number of rotatable bonds is 6. The summed E-state index contributed by atoms with van der Waals surface area (Å²) in [5.74, 6) is 0.737. The van der Waals surface area contributed by atoms with Crippen molar-refractivity contribution in [2.24, 2.45) is 5.92 Å². The van der Waals surface area contributed by atoms with E-state index >= 15 is 0 Å². The number of carbonyl (C=O) groups excluding carboxylic acids is 2. The molecule has 2 fully saturated rings. The molecule has 0 saturated carbocycles. The summed E-state index contributed by atoms with van der Waals surface area (Å²) in [4.78, 5) is 31.1. The summed E-state index contributed by atoms with van der Waals surface area (Å²) < 4.78 is 11.4. The van der Waals surface area contributed by atoms with Gasteiger partial charge in [-0.1, -0.05) is 12.1 Å². The van der Waals surface area contributed by atoms with Gasteiger partial charge in [0.2, 0.25) is 5.91 Å². The van der Waals surface area contributed by atoms with E-state index in [0.717, 1.165) is 25.0 Å². The van der Waals surface area contributed by atoms with Crippen molar-refractivity contribution in [3.05, 3.63) is 59.9 Å². The molecule has 3 heterocycles. The Labute approximate surface area is 176 Å². The summed E-state index contributed by atoms with van der Waals surface area (Å²) in [6.07, 6.45) is 4.15. The van der Waals surface area contributed by atoms with Crippen molar-refractivity contribution in [1.82, 2.24) is 15.2 Å². The number of hydrogen-bond acceptors (Lipinski definition) is 5. The van der Waals surface area contributed by atoms with E-state index in [2.05, 4.69) is 10.3 Å². The van der Waals surface area contributed by atoms with Crippen LogP contribution in [0.3, 0.4) is 0 Å². The Balaban J connectivity index is 1.27. The van der Waals surface area contributed by atoms with Gasteiger partial charge in [-0.15, -0.1) is 0 Å². The number of nitrogens with one attached hydrogen (secondary N) is 1. The monoisotopic (exact) mass is 409 g/mol. The Morgan fingerprint density at radius 1 is 1.13 bits per heavy atom. The Bertz CT molecular complexity index is 860. The molecule has 2 aliphatic rings. The van der Waals surface area contributed by atoms with Crippen molar-refractivity contribution in [2.45, 2.75) is 31.9 Å². The minimum atomic E-state index is -0.162. The van der Waals surface area contributed by atoms with Crippen LogP contribution >= 0.6 is 0 Å². The third-order valence-electron chi connectivity index (χ3n) is 5.59. The first kappa shape index (κ1) is 20.3. The molecule has 0 unspecified atom stereocenters. The summed E-state index contributed by atoms with van der Waals surface area (Å²) in [6.45, 7) is 3.00. The molecule has 1 atom stereocenters. The molecule has 7 nitrogen and oxygen atoms in total. The highest BCUT2D eigenvalue weighted by atomic mass is 16.5. The van der Waals surface area contributed by atoms with Crippen LogP contribution in [0.1, 0.15) is 35.3 Å². The second kappa shape index (κ2) is 9.71. The van der Waals surface area contributed by atoms with E-state index in [1.54, 1.807) is 18.3 Å². The first-order chi connectivity index (χ1) is 14.7. The van der Waals surface area contributed by atoms with Gasteiger partial charge in [-0.05, 0) is 36.8 Å². The summed E-state index contributed by atoms with van der Waals surface area (Å²) in [5.41, 5.74) is 1.36. The van der Waals surface area contributed by atoms with Crippen LogP contribution in [0.4, 0.5) is 0 Å². The molecule has 1 aromatic carbocycles. The Morgan fingerprint density at radius 2 is 2.00 bits per heavy atom. The molecule has 4 rings (SSSR count). The fraction of sp³-hybridized carbons (Fsp3) is 0.435. The number of ether oxygens (including phenoxy) is 2. The molecular formula is C23H27N3O4. The number of benzene rings is 1. The minimum Gasteiger partial charge on any atom is -0.490 e. The number of hydrogen-bond donors (Lipinski definition) is 1. The lowest BCUT2D eigenvalue weighted by atomic mass is 10.0. The first-order valence-corrected chi connectivity index (χ1v) is 10.5. The lowest BCUT2D eigenvalue weighted by Gasteiger charge is -2.33. The van der Waals surface area contributed by atoms with Gasteiger partial charge in [0.05, 0.1) is 24.8 Å². The second-order valence-corrected chi connectivity index (χ2v) is 7.73. The molecule has 2 saturated heterocycles. The van der Waals surface area contributed by atoms with E-state index in [4.69, 9.17) is 9.47 Å². The maximum absolute atomic E-state index is 12.5. The highest BCUT2D eigenvalue weighted by Gasteiger charge is 2.31. The van der Waals surface area contributed by atoms with Crippen LogP contribution < -0.4 is 10.1 Å². The smallest absolute Gasteiger partial charge is 0.251 e. The van der Waals surface area contributed by atoms with Crippen LogP contribution in [-0.4, -0.2) is 54.1 Å². The molecule has 0 radical (unpaired) electrons. The van der Waals surface area contributed by atoms with Crippen LogP contribution in [-0.2, 0) is 16.1 Å². The summed E-state index contributed by atoms with van der Waals surface area (Å²) in [7, 11) is 0. The second-order valence-electron chi connectivity index (χ2n) is 7.73. The van der Waals surface area contributed by atoms with Crippen molar-refractivity contribution in [1.29, 1.82) is 0 Å². The maximum Gasteiger partial charge on any atom is 0.251 e. The number of aromatic nitrogens is 1. The van der Waals surface area contributed by atoms with Gasteiger partial charge < -0.3 is 19.7 Å². The molecule has 7 heteroatoms. The fourth-order valence-electron chi connectivity index (χ4n) is 3.86. The Kier molecular flexibility index (Phi) is 6.59. The Morgan fingerprint density at radius 3 is 2.73 bits per heavy atom. The van der Waals surface area contributed by atoms with Crippen LogP contribution in [0.2, 0.25) is 0 Å². The lowest BCUT2D eigenvalue weighted by molar-refractivity contribution is -0.137. The number of carbonyl (C=O) groups is 2. The third-order valence-corrected chi connectivity index (χ3v) is 5.59. The predicted octanol–water partition coefficient (Wildman–Crippen LogP) is 2.42. The van der Waals surface area contributed by atoms with Crippen LogP contribution in [0.5, 0.6) is 5.75 Å². The molecule has 2 aromatic rings. The van der Waals surface area contributed by atoms with Crippen LogP contribution in [0.25, 0.3) is 0 Å². The molecule has 0 bridgehead atoms. The molecule has 158 valence electrons. The predicted molar refractivity (Wildman–Crippen MR) is 111 cm³/mol. The molecule has 0 spiro atoms. The zero-order valence-electron chi connectivity index (χ0n) is 17.0. The summed E-state index contributed by atoms with van der Waals surface area (Å²) in [5, 5.41) is 2.88. The normalized spacial score (nSPS) is 19.5. The van der Waals surface area contributed by atoms with Gasteiger partial charge in [-0.3, -0.25) is 14.6 Å². The number of likely N-dealkylation sites (tertiary alicyclic amines) is 1. The summed E-state index contributed by atoms with van der Waals surface area (Å²) >= 11 is 0. The largest absolute Gasteiger partial charge is 0.490 e. The SMILES string of the molecule is O=C(NCc1ccccn1)c1cccc(OC2CCN(C(=O)[C@H]3CCOC3)CC2)c1. The first-order valence-electron chi connectivity index (χ1n) is 10.5. The van der Waals surface area contributed by atoms with E-state index in [-0.39, 0.29) is 23.8 Å². The molecule has 2 amide bonds. The van der Waals surface area contributed by atoms with Gasteiger partial charge in [-0.2, -0.15) is 0 Å². The highest BCUT2D eigenvalue weighted by Crippen LogP contribution is 2.23. The average molecular weight is 409 g/mol. The molecule has 2 aliphatic heterocycles. The van der Waals surface area contributed by atoms with Gasteiger partial charge in [0.1, 0.15) is 11.9 Å². The van der Waals surface area contributed by atoms with Gasteiger partial charge >= 0.3 is 0 Å². The van der Waals surface area contributed by atoms with Crippen molar-refractivity contribution in [3.8, 4) is 5.75 Å². The molecule has 30 heavy (non-hydrogen) atoms. The van der Waals surface area contributed by atoms with Crippen molar-refractivity contribution in [3.63, 3.8) is 0 Å². The summed E-state index contributed by atoms with van der Waals surface area (Å²) in [6, 6.07) is 12.8. The maximum atomic E-state index is 12.5. The Hall–Kier alpha value is -2.93. The molecule has 1 N–H and O–H groups in total. The topological polar surface area (TPSA) is 80.8 Å². The zero-order chi connectivity index (χ0) is 20.8. The highest BCUT2D eigenvalue weighted by molar-refractivity contribution is 5.94. The number of piperidine rings is 1. The number of nitrogens with zero attached hydrogens (tertiary/aromatic N) is 2. The lowest BCUT2D eigenvalue weighted by Crippen LogP contribution is -2.44. The molecule has 1 aromatic heterocycles. The van der Waals surface area contributed by atoms with E-state index in [1.807, 2.05) is 35.2 Å². The van der Waals surface area contributed by atoms with Gasteiger partial charge in [0, 0.05) is 44.3 Å². The zero-order valence-corrected chi connectivity index (χ0v) is 17.0. The van der Waals surface area contributed by atoms with Crippen LogP contribution in [0, 0.1) is 5.92 Å². The quantitative estimate of drug-likeness (QED) is 0.793. The van der Waals surface area contributed by atoms with Crippen molar-refractivity contribution < 1.29 is 19.1 Å². The third kappa shape index (κ3) is 5.16. The number of pyridine rings is 1. The van der Waals surface area contributed by atoms with Crippen molar-refractivity contribution in [2.75, 3.05) is 26.3 Å². The van der Waals surface area contributed by atoms with Gasteiger partial charge in [-0.25, -0.2) is 0 Å². The van der Waals surface area contributed by atoms with E-state index in [0.29, 0.717) is 44.2 Å². The average Bonchev–Trinajstić information content (AvgIpc) is 3.33. The van der Waals surface area contributed by atoms with Gasteiger partial charge in [0.25, 0.3) is 5.91 Å². The minimum absolute atomic E-state index is 0.0174. The van der Waals surface area contributed by atoms with E-state index < -0.39 is 0 Å². The standard InChI is InChI=1S/C23H27N3O4/c27-22(25-15-19-5-1-2-10-24-19)17-4-3-6-21(14-17)30-20-7-11-26(12-8-20)23(28)18-9-13-29-16-18/h1-6,10,14,18,20H,7-9,11-13,15-16H2,(H,25,27)/t18-/m0/s1. The van der Waals surface area contributed by atoms with Crippen LogP contribution in [0.15, 0.2) is 48.7 Å². The molecule has 0 aliphatic carbocycles. The van der Waals surface area contributed by atoms with E-state index in [9.17, 15) is 9.59 Å². The number of amides is 2. The van der Waals surface area contributed by atoms with E-state index in [1.165, 1.54) is 0 Å². The fourth-order valence-corrected chi connectivity index (χ4v) is 3.86.